The summed E-state index contributed by atoms with van der Waals surface area (Å²) in [6.07, 6.45) is 0. The molecule has 3 rings (SSSR count). The Labute approximate surface area is 143 Å². The first-order valence-corrected chi connectivity index (χ1v) is 7.92. The molecule has 6 nitrogen and oxygen atoms in total. The Morgan fingerprint density at radius 2 is 2.04 bits per heavy atom. The number of benzene rings is 1. The highest BCUT2D eigenvalue weighted by atomic mass is 19.1. The zero-order valence-electron chi connectivity index (χ0n) is 13.7. The number of nitrogens with zero attached hydrogens (tertiary/aromatic N) is 3. The Hall–Kier alpha value is -2.61. The topological polar surface area (TPSA) is 67.2 Å². The van der Waals surface area contributed by atoms with E-state index in [1.165, 1.54) is 36.1 Å². The lowest BCUT2D eigenvalue weighted by Gasteiger charge is -2.25. The molecule has 1 fully saturated rings. The molecule has 0 saturated carbocycles. The van der Waals surface area contributed by atoms with Crippen molar-refractivity contribution in [2.24, 2.45) is 0 Å². The minimum Gasteiger partial charge on any atom is -0.333 e. The Kier molecular flexibility index (Phi) is 4.63. The molecule has 132 valence electrons. The fourth-order valence-corrected chi connectivity index (χ4v) is 2.75. The minimum atomic E-state index is -1.56. The van der Waals surface area contributed by atoms with E-state index in [0.29, 0.717) is 13.1 Å². The van der Waals surface area contributed by atoms with Gasteiger partial charge in [0.2, 0.25) is 0 Å². The zero-order chi connectivity index (χ0) is 18.0. The van der Waals surface area contributed by atoms with E-state index in [-0.39, 0.29) is 24.5 Å². The lowest BCUT2D eigenvalue weighted by Crippen LogP contribution is -2.43. The molecule has 1 aliphatic rings. The van der Waals surface area contributed by atoms with Crippen LogP contribution in [0.4, 0.5) is 8.78 Å². The monoisotopic (exact) mass is 348 g/mol. The molecule has 1 aromatic carbocycles. The third-order valence-corrected chi connectivity index (χ3v) is 3.96. The van der Waals surface area contributed by atoms with Gasteiger partial charge in [-0.2, -0.15) is 9.78 Å². The van der Waals surface area contributed by atoms with Gasteiger partial charge in [-0.15, -0.1) is 0 Å². The van der Waals surface area contributed by atoms with Crippen LogP contribution in [0, 0.1) is 5.82 Å². The van der Waals surface area contributed by atoms with E-state index in [1.54, 1.807) is 6.07 Å². The van der Waals surface area contributed by atoms with E-state index in [4.69, 9.17) is 0 Å². The van der Waals surface area contributed by atoms with Crippen molar-refractivity contribution in [2.45, 2.75) is 12.6 Å². The van der Waals surface area contributed by atoms with Crippen molar-refractivity contribution in [1.29, 1.82) is 0 Å². The van der Waals surface area contributed by atoms with E-state index in [9.17, 15) is 18.4 Å². The second-order valence-corrected chi connectivity index (χ2v) is 6.24. The smallest absolute Gasteiger partial charge is 0.274 e. The maximum absolute atomic E-state index is 14.3. The summed E-state index contributed by atoms with van der Waals surface area (Å²) in [5.41, 5.74) is -2.21. The second kappa shape index (κ2) is 6.72. The summed E-state index contributed by atoms with van der Waals surface area (Å²) in [7, 11) is 0. The van der Waals surface area contributed by atoms with Crippen molar-refractivity contribution >= 4 is 5.91 Å². The van der Waals surface area contributed by atoms with Crippen molar-refractivity contribution in [3.63, 3.8) is 0 Å². The highest BCUT2D eigenvalue weighted by Crippen LogP contribution is 2.16. The molecule has 1 aromatic heterocycles. The van der Waals surface area contributed by atoms with Gasteiger partial charge in [-0.1, -0.05) is 12.1 Å². The third-order valence-electron chi connectivity index (χ3n) is 3.96. The molecule has 8 heteroatoms. The fraction of sp³-hybridized carbons (Fsp3) is 0.353. The van der Waals surface area contributed by atoms with Gasteiger partial charge >= 0.3 is 0 Å². The number of para-hydroxylation sites is 1. The molecule has 1 saturated heterocycles. The first-order valence-electron chi connectivity index (χ1n) is 7.92. The van der Waals surface area contributed by atoms with Crippen molar-refractivity contribution in [2.75, 3.05) is 26.2 Å². The van der Waals surface area contributed by atoms with Gasteiger partial charge in [0.1, 0.15) is 22.9 Å². The van der Waals surface area contributed by atoms with E-state index >= 15 is 0 Å². The van der Waals surface area contributed by atoms with E-state index < -0.39 is 23.0 Å². The number of hydrogen-bond acceptors (Lipinski definition) is 4. The first kappa shape index (κ1) is 17.2. The second-order valence-electron chi connectivity index (χ2n) is 6.24. The summed E-state index contributed by atoms with van der Waals surface area (Å²) in [6.45, 7) is 2.26. The molecular formula is C17H18F2N4O2. The van der Waals surface area contributed by atoms with Gasteiger partial charge in [0.25, 0.3) is 11.5 Å². The van der Waals surface area contributed by atoms with Crippen LogP contribution >= 0.6 is 0 Å². The molecule has 1 N–H and O–H groups in total. The molecular weight excluding hydrogens is 330 g/mol. The van der Waals surface area contributed by atoms with Crippen LogP contribution in [0.2, 0.25) is 0 Å². The molecule has 2 heterocycles. The first-order chi connectivity index (χ1) is 11.9. The molecule has 0 aliphatic carbocycles. The van der Waals surface area contributed by atoms with Crippen LogP contribution in [0.15, 0.2) is 41.2 Å². The quantitative estimate of drug-likeness (QED) is 0.884. The summed E-state index contributed by atoms with van der Waals surface area (Å²) >= 11 is 0. The predicted molar refractivity (Wildman–Crippen MR) is 88.1 cm³/mol. The lowest BCUT2D eigenvalue weighted by molar-refractivity contribution is 0.0648. The average Bonchev–Trinajstić information content (AvgIpc) is 2.76. The largest absolute Gasteiger partial charge is 0.333 e. The van der Waals surface area contributed by atoms with E-state index in [0.717, 1.165) is 10.7 Å². The highest BCUT2D eigenvalue weighted by molar-refractivity contribution is 5.92. The van der Waals surface area contributed by atoms with Gasteiger partial charge in [0.15, 0.2) is 0 Å². The number of carbonyl (C=O) groups excluding carboxylic acids is 1. The Morgan fingerprint density at radius 1 is 1.28 bits per heavy atom. The van der Waals surface area contributed by atoms with E-state index in [2.05, 4.69) is 10.4 Å². The summed E-state index contributed by atoms with van der Waals surface area (Å²) in [4.78, 5) is 26.0. The molecule has 0 radical (unpaired) electrons. The number of alkyl halides is 1. The van der Waals surface area contributed by atoms with Gasteiger partial charge in [0, 0.05) is 25.7 Å². The van der Waals surface area contributed by atoms with Gasteiger partial charge in [-0.3, -0.25) is 9.59 Å². The van der Waals surface area contributed by atoms with Gasteiger partial charge < -0.3 is 10.2 Å². The van der Waals surface area contributed by atoms with Crippen molar-refractivity contribution in [1.82, 2.24) is 20.0 Å². The molecule has 1 atom stereocenters. The number of carbonyl (C=O) groups is 1. The summed E-state index contributed by atoms with van der Waals surface area (Å²) in [5.74, 6) is -1.13. The van der Waals surface area contributed by atoms with Crippen LogP contribution in [0.1, 0.15) is 17.4 Å². The van der Waals surface area contributed by atoms with Crippen molar-refractivity contribution in [3.8, 4) is 5.69 Å². The fourth-order valence-electron chi connectivity index (χ4n) is 2.75. The molecule has 0 spiro atoms. The normalized spacial score (nSPS) is 21.0. The SMILES string of the molecule is CC1(F)CNCCN(C(=O)c2ccc(=O)n(-c3ccccc3F)n2)C1. The number of aromatic nitrogens is 2. The zero-order valence-corrected chi connectivity index (χ0v) is 13.7. The van der Waals surface area contributed by atoms with E-state index in [1.807, 2.05) is 0 Å². The van der Waals surface area contributed by atoms with Crippen molar-refractivity contribution in [3.05, 3.63) is 58.3 Å². The Bertz CT molecular complexity index is 851. The van der Waals surface area contributed by atoms with Crippen LogP contribution in [0.25, 0.3) is 5.69 Å². The Morgan fingerprint density at radius 3 is 2.80 bits per heavy atom. The minimum absolute atomic E-state index is 0.0412. The molecule has 1 aliphatic heterocycles. The van der Waals surface area contributed by atoms with Crippen LogP contribution in [0.5, 0.6) is 0 Å². The summed E-state index contributed by atoms with van der Waals surface area (Å²) in [6, 6.07) is 8.08. The van der Waals surface area contributed by atoms with Crippen LogP contribution in [-0.4, -0.2) is 52.4 Å². The summed E-state index contributed by atoms with van der Waals surface area (Å²) < 4.78 is 29.1. The number of nitrogens with one attached hydrogen (secondary N) is 1. The molecule has 2 aromatic rings. The van der Waals surface area contributed by atoms with Crippen LogP contribution in [-0.2, 0) is 0 Å². The maximum atomic E-state index is 14.3. The standard InChI is InChI=1S/C17H18F2N4O2/c1-17(19)10-20-8-9-22(11-17)16(25)13-6-7-15(24)23(21-13)14-5-3-2-4-12(14)18/h2-7,20H,8-11H2,1H3. The number of hydrogen-bond donors (Lipinski definition) is 1. The maximum Gasteiger partial charge on any atom is 0.274 e. The highest BCUT2D eigenvalue weighted by Gasteiger charge is 2.32. The molecule has 1 amide bonds. The average molecular weight is 348 g/mol. The molecule has 0 bridgehead atoms. The molecule has 1 unspecified atom stereocenters. The summed E-state index contributed by atoms with van der Waals surface area (Å²) in [5, 5.41) is 6.92. The predicted octanol–water partition coefficient (Wildman–Crippen LogP) is 1.15. The van der Waals surface area contributed by atoms with Crippen molar-refractivity contribution < 1.29 is 13.6 Å². The Balaban J connectivity index is 1.95. The van der Waals surface area contributed by atoms with Gasteiger partial charge in [0.05, 0.1) is 6.54 Å². The van der Waals surface area contributed by atoms with Crippen LogP contribution < -0.4 is 10.9 Å². The molecule has 25 heavy (non-hydrogen) atoms. The van der Waals surface area contributed by atoms with Gasteiger partial charge in [-0.05, 0) is 25.1 Å². The number of halogens is 2. The van der Waals surface area contributed by atoms with Gasteiger partial charge in [-0.25, -0.2) is 8.78 Å². The van der Waals surface area contributed by atoms with Crippen LogP contribution in [0.3, 0.4) is 0 Å². The number of rotatable bonds is 2. The lowest BCUT2D eigenvalue weighted by atomic mass is 10.1. The third kappa shape index (κ3) is 3.74. The number of amides is 1.